The quantitative estimate of drug-likeness (QED) is 0.403. The molecule has 8 heteroatoms. The zero-order chi connectivity index (χ0) is 16.9. The fourth-order valence-electron chi connectivity index (χ4n) is 1.94. The highest BCUT2D eigenvalue weighted by Gasteiger charge is 2.21. The van der Waals surface area contributed by atoms with Gasteiger partial charge < -0.3 is 15.2 Å². The van der Waals surface area contributed by atoms with Crippen molar-refractivity contribution in [1.82, 2.24) is 20.8 Å². The highest BCUT2D eigenvalue weighted by atomic mass is 127. The molecule has 1 atom stereocenters. The fourth-order valence-corrected chi connectivity index (χ4v) is 2.72. The monoisotopic (exact) mass is 463 g/mol. The molecular formula is C16H26IN5OS. The fraction of sp³-hybridized carbons (Fsp3) is 0.562. The molecule has 0 aromatic carbocycles. The molecule has 2 rings (SSSR count). The lowest BCUT2D eigenvalue weighted by molar-refractivity contribution is 0.318. The average Bonchev–Trinajstić information content (AvgIpc) is 3.18. The molecule has 0 fully saturated rings. The first-order chi connectivity index (χ1) is 10.9. The zero-order valence-electron chi connectivity index (χ0n) is 14.8. The summed E-state index contributed by atoms with van der Waals surface area (Å²) in [7, 11) is 1.75. The number of nitrogens with one attached hydrogen (secondary N) is 2. The van der Waals surface area contributed by atoms with Crippen molar-refractivity contribution in [3.8, 4) is 0 Å². The molecule has 0 saturated carbocycles. The second-order valence-corrected chi connectivity index (χ2v) is 7.47. The van der Waals surface area contributed by atoms with Gasteiger partial charge in [-0.1, -0.05) is 38.9 Å². The van der Waals surface area contributed by atoms with Crippen molar-refractivity contribution < 1.29 is 4.52 Å². The third kappa shape index (κ3) is 6.04. The van der Waals surface area contributed by atoms with Crippen LogP contribution in [0.4, 0.5) is 0 Å². The molecule has 6 nitrogen and oxygen atoms in total. The van der Waals surface area contributed by atoms with Gasteiger partial charge >= 0.3 is 0 Å². The Morgan fingerprint density at radius 1 is 1.38 bits per heavy atom. The van der Waals surface area contributed by atoms with Gasteiger partial charge in [-0.2, -0.15) is 4.98 Å². The Labute approximate surface area is 164 Å². The van der Waals surface area contributed by atoms with Crippen LogP contribution in [-0.4, -0.2) is 29.7 Å². The summed E-state index contributed by atoms with van der Waals surface area (Å²) < 4.78 is 5.28. The van der Waals surface area contributed by atoms with Crippen molar-refractivity contribution in [2.24, 2.45) is 4.99 Å². The third-order valence-corrected chi connectivity index (χ3v) is 4.46. The summed E-state index contributed by atoms with van der Waals surface area (Å²) in [4.78, 5) is 9.99. The van der Waals surface area contributed by atoms with Crippen LogP contribution < -0.4 is 10.6 Å². The van der Waals surface area contributed by atoms with E-state index in [0.29, 0.717) is 24.2 Å². The number of rotatable bonds is 5. The van der Waals surface area contributed by atoms with E-state index < -0.39 is 0 Å². The predicted octanol–water partition coefficient (Wildman–Crippen LogP) is 3.52. The standard InChI is InChI=1S/C16H25N5OS.HI/c1-11(12-7-6-8-23-12)9-18-15(17-5)19-10-13-20-14(22-21-13)16(2,3)4;/h6-8,11H,9-10H2,1-5H3,(H2,17,18,19);1H. The molecule has 0 bridgehead atoms. The van der Waals surface area contributed by atoms with Crippen LogP contribution in [0.15, 0.2) is 27.0 Å². The van der Waals surface area contributed by atoms with E-state index >= 15 is 0 Å². The van der Waals surface area contributed by atoms with Crippen LogP contribution in [-0.2, 0) is 12.0 Å². The van der Waals surface area contributed by atoms with Crippen LogP contribution in [0, 0.1) is 0 Å². The van der Waals surface area contributed by atoms with Gasteiger partial charge in [-0.05, 0) is 11.4 Å². The normalized spacial score (nSPS) is 13.3. The van der Waals surface area contributed by atoms with Gasteiger partial charge in [0.15, 0.2) is 11.8 Å². The molecule has 0 aliphatic heterocycles. The van der Waals surface area contributed by atoms with Crippen LogP contribution in [0.1, 0.15) is 50.2 Å². The van der Waals surface area contributed by atoms with Crippen LogP contribution in [0.3, 0.4) is 0 Å². The molecule has 134 valence electrons. The number of thiophene rings is 1. The first kappa shape index (κ1) is 20.9. The average molecular weight is 463 g/mol. The van der Waals surface area contributed by atoms with Gasteiger partial charge in [0.05, 0.1) is 6.54 Å². The molecule has 2 heterocycles. The van der Waals surface area contributed by atoms with Crippen molar-refractivity contribution in [3.63, 3.8) is 0 Å². The Balaban J connectivity index is 0.00000288. The van der Waals surface area contributed by atoms with Gasteiger partial charge in [-0.3, -0.25) is 4.99 Å². The maximum absolute atomic E-state index is 5.28. The van der Waals surface area contributed by atoms with Crippen LogP contribution in [0.25, 0.3) is 0 Å². The highest BCUT2D eigenvalue weighted by Crippen LogP contribution is 2.20. The number of nitrogens with zero attached hydrogens (tertiary/aromatic N) is 3. The lowest BCUT2D eigenvalue weighted by atomic mass is 9.97. The minimum Gasteiger partial charge on any atom is -0.356 e. The number of aliphatic imine (C=N–C) groups is 1. The zero-order valence-corrected chi connectivity index (χ0v) is 17.9. The minimum atomic E-state index is -0.138. The number of guanidine groups is 1. The molecule has 2 N–H and O–H groups in total. The molecule has 0 radical (unpaired) electrons. The third-order valence-electron chi connectivity index (χ3n) is 3.35. The number of hydrogen-bond donors (Lipinski definition) is 2. The summed E-state index contributed by atoms with van der Waals surface area (Å²) in [6, 6.07) is 4.23. The van der Waals surface area contributed by atoms with Crippen LogP contribution in [0.5, 0.6) is 0 Å². The number of aromatic nitrogens is 2. The maximum Gasteiger partial charge on any atom is 0.232 e. The summed E-state index contributed by atoms with van der Waals surface area (Å²) in [6.45, 7) is 9.63. The lowest BCUT2D eigenvalue weighted by Gasteiger charge is -2.14. The van der Waals surface area contributed by atoms with Gasteiger partial charge in [0.2, 0.25) is 5.89 Å². The van der Waals surface area contributed by atoms with E-state index in [1.807, 2.05) is 20.8 Å². The van der Waals surface area contributed by atoms with Gasteiger partial charge in [0, 0.05) is 29.8 Å². The molecule has 24 heavy (non-hydrogen) atoms. The predicted molar refractivity (Wildman–Crippen MR) is 109 cm³/mol. The second-order valence-electron chi connectivity index (χ2n) is 6.49. The minimum absolute atomic E-state index is 0. The van der Waals surface area contributed by atoms with Gasteiger partial charge in [-0.25, -0.2) is 0 Å². The van der Waals surface area contributed by atoms with E-state index in [0.717, 1.165) is 12.5 Å². The number of hydrogen-bond acceptors (Lipinski definition) is 5. The Bertz CT molecular complexity index is 633. The summed E-state index contributed by atoms with van der Waals surface area (Å²) in [5.41, 5.74) is -0.138. The van der Waals surface area contributed by atoms with E-state index in [-0.39, 0.29) is 29.4 Å². The Kier molecular flexibility index (Phi) is 8.14. The molecule has 0 aliphatic carbocycles. The molecular weight excluding hydrogens is 437 g/mol. The van der Waals surface area contributed by atoms with Crippen LogP contribution in [0.2, 0.25) is 0 Å². The molecule has 0 amide bonds. The van der Waals surface area contributed by atoms with Crippen LogP contribution >= 0.6 is 35.3 Å². The summed E-state index contributed by atoms with van der Waals surface area (Å²) >= 11 is 1.77. The second kappa shape index (κ2) is 9.36. The molecule has 0 spiro atoms. The van der Waals surface area contributed by atoms with Gasteiger partial charge in [0.1, 0.15) is 0 Å². The highest BCUT2D eigenvalue weighted by molar-refractivity contribution is 14.0. The molecule has 0 aliphatic rings. The first-order valence-electron chi connectivity index (χ1n) is 7.71. The van der Waals surface area contributed by atoms with E-state index in [1.54, 1.807) is 18.4 Å². The van der Waals surface area contributed by atoms with Crippen molar-refractivity contribution in [3.05, 3.63) is 34.1 Å². The summed E-state index contributed by atoms with van der Waals surface area (Å²) in [5, 5.41) is 12.6. The molecule has 1 unspecified atom stereocenters. The van der Waals surface area contributed by atoms with Gasteiger partial charge in [-0.15, -0.1) is 35.3 Å². The Morgan fingerprint density at radius 2 is 2.12 bits per heavy atom. The summed E-state index contributed by atoms with van der Waals surface area (Å²) in [5.74, 6) is 2.44. The van der Waals surface area contributed by atoms with E-state index in [1.165, 1.54) is 4.88 Å². The Hall–Kier alpha value is -1.16. The molecule has 2 aromatic rings. The van der Waals surface area contributed by atoms with Crippen molar-refractivity contribution >= 4 is 41.3 Å². The first-order valence-corrected chi connectivity index (χ1v) is 8.59. The SMILES string of the molecule is CN=C(NCc1noc(C(C)(C)C)n1)NCC(C)c1cccs1.I. The lowest BCUT2D eigenvalue weighted by Crippen LogP contribution is -2.38. The topological polar surface area (TPSA) is 75.3 Å². The smallest absolute Gasteiger partial charge is 0.232 e. The van der Waals surface area contributed by atoms with E-state index in [4.69, 9.17) is 4.52 Å². The number of halogens is 1. The maximum atomic E-state index is 5.28. The van der Waals surface area contributed by atoms with E-state index in [2.05, 4.69) is 50.2 Å². The largest absolute Gasteiger partial charge is 0.356 e. The summed E-state index contributed by atoms with van der Waals surface area (Å²) in [6.07, 6.45) is 0. The molecule has 2 aromatic heterocycles. The van der Waals surface area contributed by atoms with Crippen molar-refractivity contribution in [2.45, 2.75) is 45.6 Å². The van der Waals surface area contributed by atoms with Crippen molar-refractivity contribution in [1.29, 1.82) is 0 Å². The van der Waals surface area contributed by atoms with E-state index in [9.17, 15) is 0 Å². The Morgan fingerprint density at radius 3 is 2.67 bits per heavy atom. The van der Waals surface area contributed by atoms with Gasteiger partial charge in [0.25, 0.3) is 0 Å². The molecule has 0 saturated heterocycles. The van der Waals surface area contributed by atoms with Crippen molar-refractivity contribution in [2.75, 3.05) is 13.6 Å².